The second-order valence-corrected chi connectivity index (χ2v) is 8.85. The maximum absolute atomic E-state index is 12.3. The number of benzene rings is 2. The van der Waals surface area contributed by atoms with Crippen LogP contribution in [0.1, 0.15) is 30.1 Å². The number of rotatable bonds is 9. The summed E-state index contributed by atoms with van der Waals surface area (Å²) in [5.41, 5.74) is 0.785. The lowest BCUT2D eigenvalue weighted by Crippen LogP contribution is -2.40. The Kier molecular flexibility index (Phi) is 7.03. The highest BCUT2D eigenvalue weighted by molar-refractivity contribution is 7.89. The number of carbonyl (C=O) groups is 3. The van der Waals surface area contributed by atoms with E-state index in [1.807, 2.05) is 0 Å². The quantitative estimate of drug-likeness (QED) is 0.501. The fourth-order valence-corrected chi connectivity index (χ4v) is 3.86. The summed E-state index contributed by atoms with van der Waals surface area (Å²) in [5, 5.41) is 5.40. The molecule has 0 saturated heterocycles. The molecule has 1 aliphatic carbocycles. The largest absolute Gasteiger partial charge is 0.454 e. The summed E-state index contributed by atoms with van der Waals surface area (Å²) < 4.78 is 31.6. The second kappa shape index (κ2) is 9.71. The van der Waals surface area contributed by atoms with Gasteiger partial charge in [-0.05, 0) is 50.1 Å². The van der Waals surface area contributed by atoms with Gasteiger partial charge in [0.05, 0.1) is 4.90 Å². The number of sulfonamides is 1. The van der Waals surface area contributed by atoms with Crippen LogP contribution in [0.3, 0.4) is 0 Å². The number of amides is 2. The van der Waals surface area contributed by atoms with E-state index in [0.29, 0.717) is 11.3 Å². The molecule has 2 amide bonds. The monoisotopic (exact) mass is 445 g/mol. The molecule has 0 spiro atoms. The van der Waals surface area contributed by atoms with Crippen molar-refractivity contribution in [2.75, 3.05) is 11.9 Å². The van der Waals surface area contributed by atoms with Crippen LogP contribution in [0, 0.1) is 0 Å². The summed E-state index contributed by atoms with van der Waals surface area (Å²) in [4.78, 5) is 36.3. The fraction of sp³-hybridized carbons (Fsp3) is 0.286. The number of hydrogen-bond donors (Lipinski definition) is 3. The van der Waals surface area contributed by atoms with Crippen molar-refractivity contribution < 1.29 is 27.5 Å². The van der Waals surface area contributed by atoms with Crippen LogP contribution in [0.2, 0.25) is 0 Å². The SMILES string of the molecule is C[C@H](NS(=O)(=O)c1ccccc1)C(=O)OCC(=O)Nc1cccc(C(=O)NC2CC2)c1. The van der Waals surface area contributed by atoms with E-state index in [9.17, 15) is 22.8 Å². The first-order chi connectivity index (χ1) is 14.7. The first kappa shape index (κ1) is 22.4. The topological polar surface area (TPSA) is 131 Å². The van der Waals surface area contributed by atoms with E-state index >= 15 is 0 Å². The maximum Gasteiger partial charge on any atom is 0.324 e. The van der Waals surface area contributed by atoms with Crippen molar-refractivity contribution in [2.45, 2.75) is 36.7 Å². The lowest BCUT2D eigenvalue weighted by atomic mass is 10.2. The second-order valence-electron chi connectivity index (χ2n) is 7.14. The standard InChI is InChI=1S/C21H23N3O6S/c1-14(24-31(28,29)18-8-3-2-4-9-18)21(27)30-13-19(25)22-17-7-5-6-15(12-17)20(26)23-16-10-11-16/h2-9,12,14,16,24H,10-11,13H2,1H3,(H,22,25)(H,23,26)/t14-/m0/s1. The number of ether oxygens (including phenoxy) is 1. The predicted molar refractivity (Wildman–Crippen MR) is 113 cm³/mol. The molecule has 164 valence electrons. The van der Waals surface area contributed by atoms with Crippen molar-refractivity contribution in [2.24, 2.45) is 0 Å². The van der Waals surface area contributed by atoms with Crippen molar-refractivity contribution >= 4 is 33.5 Å². The normalized spacial score (nSPS) is 14.4. The molecule has 1 saturated carbocycles. The minimum atomic E-state index is -3.90. The predicted octanol–water partition coefficient (Wildman–Crippen LogP) is 1.43. The Hall–Kier alpha value is -3.24. The van der Waals surface area contributed by atoms with Crippen molar-refractivity contribution in [3.63, 3.8) is 0 Å². The van der Waals surface area contributed by atoms with Gasteiger partial charge in [0.15, 0.2) is 6.61 Å². The molecular formula is C21H23N3O6S. The van der Waals surface area contributed by atoms with Gasteiger partial charge in [-0.3, -0.25) is 14.4 Å². The zero-order chi connectivity index (χ0) is 22.4. The summed E-state index contributed by atoms with van der Waals surface area (Å²) in [5.74, 6) is -1.73. The van der Waals surface area contributed by atoms with Crippen molar-refractivity contribution in [1.29, 1.82) is 0 Å². The third-order valence-electron chi connectivity index (χ3n) is 4.41. The summed E-state index contributed by atoms with van der Waals surface area (Å²) in [6.07, 6.45) is 1.93. The summed E-state index contributed by atoms with van der Waals surface area (Å²) in [6.45, 7) is 0.720. The van der Waals surface area contributed by atoms with Gasteiger partial charge < -0.3 is 15.4 Å². The molecule has 0 bridgehead atoms. The maximum atomic E-state index is 12.3. The Labute approximate surface area is 180 Å². The van der Waals surface area contributed by atoms with E-state index in [0.717, 1.165) is 12.8 Å². The lowest BCUT2D eigenvalue weighted by Gasteiger charge is -2.14. The summed E-state index contributed by atoms with van der Waals surface area (Å²) >= 11 is 0. The van der Waals surface area contributed by atoms with Crippen LogP contribution in [-0.4, -0.2) is 44.9 Å². The first-order valence-electron chi connectivity index (χ1n) is 9.69. The molecule has 0 aromatic heterocycles. The number of nitrogens with one attached hydrogen (secondary N) is 3. The molecule has 0 aliphatic heterocycles. The highest BCUT2D eigenvalue weighted by Crippen LogP contribution is 2.20. The molecule has 1 atom stereocenters. The summed E-state index contributed by atoms with van der Waals surface area (Å²) in [6, 6.07) is 13.0. The highest BCUT2D eigenvalue weighted by atomic mass is 32.2. The minimum absolute atomic E-state index is 0.0120. The Bertz CT molecular complexity index is 1070. The molecule has 0 heterocycles. The van der Waals surface area contributed by atoms with Gasteiger partial charge in [0.2, 0.25) is 10.0 Å². The van der Waals surface area contributed by atoms with Gasteiger partial charge in [-0.25, -0.2) is 8.42 Å². The van der Waals surface area contributed by atoms with E-state index in [-0.39, 0.29) is 16.8 Å². The van der Waals surface area contributed by atoms with Gasteiger partial charge in [-0.15, -0.1) is 0 Å². The van der Waals surface area contributed by atoms with Gasteiger partial charge >= 0.3 is 5.97 Å². The van der Waals surface area contributed by atoms with Crippen LogP contribution in [0.15, 0.2) is 59.5 Å². The van der Waals surface area contributed by atoms with E-state index in [1.54, 1.807) is 36.4 Å². The molecule has 3 rings (SSSR count). The average Bonchev–Trinajstić information content (AvgIpc) is 3.56. The van der Waals surface area contributed by atoms with E-state index in [4.69, 9.17) is 4.74 Å². The molecule has 9 nitrogen and oxygen atoms in total. The van der Waals surface area contributed by atoms with Gasteiger partial charge in [0, 0.05) is 17.3 Å². The zero-order valence-electron chi connectivity index (χ0n) is 16.8. The molecule has 2 aromatic rings. The minimum Gasteiger partial charge on any atom is -0.454 e. The molecule has 1 fully saturated rings. The lowest BCUT2D eigenvalue weighted by molar-refractivity contribution is -0.148. The van der Waals surface area contributed by atoms with Crippen molar-refractivity contribution in [3.8, 4) is 0 Å². The summed E-state index contributed by atoms with van der Waals surface area (Å²) in [7, 11) is -3.90. The van der Waals surface area contributed by atoms with E-state index in [2.05, 4.69) is 15.4 Å². The van der Waals surface area contributed by atoms with Gasteiger partial charge in [0.1, 0.15) is 6.04 Å². The van der Waals surface area contributed by atoms with Crippen LogP contribution in [0.25, 0.3) is 0 Å². The third-order valence-corrected chi connectivity index (χ3v) is 5.96. The number of esters is 1. The number of anilines is 1. The molecule has 10 heteroatoms. The van der Waals surface area contributed by atoms with Crippen molar-refractivity contribution in [3.05, 3.63) is 60.2 Å². The van der Waals surface area contributed by atoms with Gasteiger partial charge in [-0.2, -0.15) is 4.72 Å². The van der Waals surface area contributed by atoms with Gasteiger partial charge in [0.25, 0.3) is 11.8 Å². The smallest absolute Gasteiger partial charge is 0.324 e. The number of carbonyl (C=O) groups excluding carboxylic acids is 3. The van der Waals surface area contributed by atoms with Crippen molar-refractivity contribution in [1.82, 2.24) is 10.0 Å². The fourth-order valence-electron chi connectivity index (χ4n) is 2.64. The van der Waals surface area contributed by atoms with Crippen LogP contribution >= 0.6 is 0 Å². The molecule has 2 aromatic carbocycles. The zero-order valence-corrected chi connectivity index (χ0v) is 17.6. The Morgan fingerprint density at radius 3 is 2.45 bits per heavy atom. The van der Waals surface area contributed by atoms with Crippen LogP contribution < -0.4 is 15.4 Å². The molecule has 31 heavy (non-hydrogen) atoms. The Balaban J connectivity index is 1.48. The molecular weight excluding hydrogens is 422 g/mol. The average molecular weight is 445 g/mol. The van der Waals surface area contributed by atoms with Gasteiger partial charge in [-0.1, -0.05) is 24.3 Å². The van der Waals surface area contributed by atoms with E-state index < -0.39 is 34.5 Å². The van der Waals surface area contributed by atoms with Crippen LogP contribution in [0.4, 0.5) is 5.69 Å². The Morgan fingerprint density at radius 2 is 1.77 bits per heavy atom. The number of hydrogen-bond acceptors (Lipinski definition) is 6. The Morgan fingerprint density at radius 1 is 1.06 bits per heavy atom. The molecule has 1 aliphatic rings. The van der Waals surface area contributed by atoms with E-state index in [1.165, 1.54) is 25.1 Å². The first-order valence-corrected chi connectivity index (χ1v) is 11.2. The van der Waals surface area contributed by atoms with Crippen LogP contribution in [-0.2, 0) is 24.3 Å². The highest BCUT2D eigenvalue weighted by Gasteiger charge is 2.25. The third kappa shape index (κ3) is 6.63. The molecule has 0 radical (unpaired) electrons. The molecule has 0 unspecified atom stereocenters. The molecule has 3 N–H and O–H groups in total. The van der Waals surface area contributed by atoms with Crippen LogP contribution in [0.5, 0.6) is 0 Å².